The number of carbonyl (C=O) groups excluding carboxylic acids is 1. The molecule has 2 aliphatic carbocycles. The summed E-state index contributed by atoms with van der Waals surface area (Å²) in [5, 5.41) is 26.5. The fourth-order valence-electron chi connectivity index (χ4n) is 4.93. The number of aromatic nitrogens is 2. The summed E-state index contributed by atoms with van der Waals surface area (Å²) >= 11 is 5.76. The van der Waals surface area contributed by atoms with Crippen LogP contribution in [0.5, 0.6) is 5.75 Å². The van der Waals surface area contributed by atoms with Crippen LogP contribution in [-0.2, 0) is 30.6 Å². The first-order chi connectivity index (χ1) is 17.9. The van der Waals surface area contributed by atoms with E-state index in [0.29, 0.717) is 18.6 Å². The fourth-order valence-corrected chi connectivity index (χ4v) is 7.65. The molecular formula is C24H30N3O9PS. The quantitative estimate of drug-likeness (QED) is 0.239. The molecule has 0 radical (unpaired) electrons. The molecule has 0 amide bonds. The molecule has 0 bridgehead atoms. The molecule has 1 aliphatic heterocycles. The van der Waals surface area contributed by atoms with E-state index in [2.05, 4.69) is 10.1 Å². The maximum Gasteiger partial charge on any atom is 0.330 e. The lowest BCUT2D eigenvalue weighted by molar-refractivity contribution is -0.179. The number of aromatic amines is 1. The molecule has 4 N–H and O–H groups in total. The van der Waals surface area contributed by atoms with Crippen molar-refractivity contribution in [2.75, 3.05) is 0 Å². The molecule has 2 heterocycles. The van der Waals surface area contributed by atoms with Gasteiger partial charge in [0.1, 0.15) is 29.6 Å². The number of H-pyrrole nitrogens is 1. The Hall–Kier alpha value is -2.38. The van der Waals surface area contributed by atoms with Crippen LogP contribution in [0.15, 0.2) is 52.2 Å². The van der Waals surface area contributed by atoms with Gasteiger partial charge in [-0.15, -0.1) is 0 Å². The second-order valence-corrected chi connectivity index (χ2v) is 13.2. The van der Waals surface area contributed by atoms with Crippen LogP contribution >= 0.6 is 6.64 Å². The third kappa shape index (κ3) is 4.66. The highest BCUT2D eigenvalue weighted by atomic mass is 32.5. The van der Waals surface area contributed by atoms with E-state index in [0.717, 1.165) is 10.6 Å². The molecule has 1 saturated heterocycles. The van der Waals surface area contributed by atoms with Gasteiger partial charge in [-0.3, -0.25) is 23.7 Å². The standard InChI is InChI=1S/C24H30N3O9PS/c1-13(2)33-20(29)14(3)26-37(38,35-16-7-5-4-6-8-16)36-19-18-24(19,32)23(31,15-9-10-15)21(34-18)27-12-11-17(28)25-22(27)30/h4-8,11-15,18-19,21,31-32H,9-10H2,1-3H3,(H,26,38)(H,25,28,30)/t14?,18-,19?,21-,23+,24+,37?/m1/s1. The summed E-state index contributed by atoms with van der Waals surface area (Å²) in [5.41, 5.74) is -5.19. The van der Waals surface area contributed by atoms with E-state index in [9.17, 15) is 24.6 Å². The molecule has 38 heavy (non-hydrogen) atoms. The molecule has 14 heteroatoms. The number of benzene rings is 1. The summed E-state index contributed by atoms with van der Waals surface area (Å²) < 4.78 is 24.5. The molecule has 3 aliphatic rings. The minimum atomic E-state index is -3.54. The molecule has 5 rings (SSSR count). The Bertz CT molecular complexity index is 1380. The van der Waals surface area contributed by atoms with Gasteiger partial charge in [-0.1, -0.05) is 18.2 Å². The van der Waals surface area contributed by atoms with Crippen molar-refractivity contribution in [1.82, 2.24) is 14.6 Å². The second kappa shape index (κ2) is 9.67. The smallest absolute Gasteiger partial charge is 0.330 e. The third-order valence-electron chi connectivity index (χ3n) is 6.91. The van der Waals surface area contributed by atoms with Crippen molar-refractivity contribution in [3.63, 3.8) is 0 Å². The lowest BCUT2D eigenvalue weighted by Gasteiger charge is -2.37. The van der Waals surface area contributed by atoms with Crippen molar-refractivity contribution in [3.05, 3.63) is 63.4 Å². The van der Waals surface area contributed by atoms with Crippen molar-refractivity contribution < 1.29 is 33.5 Å². The Morgan fingerprint density at radius 2 is 1.87 bits per heavy atom. The lowest BCUT2D eigenvalue weighted by Crippen LogP contribution is -2.55. The maximum absolute atomic E-state index is 12.5. The van der Waals surface area contributed by atoms with Crippen LogP contribution in [0, 0.1) is 5.92 Å². The number of carbonyl (C=O) groups is 1. The van der Waals surface area contributed by atoms with E-state index >= 15 is 0 Å². The molecule has 2 aromatic rings. The van der Waals surface area contributed by atoms with E-state index in [1.54, 1.807) is 51.1 Å². The third-order valence-corrected chi connectivity index (χ3v) is 9.37. The number of aliphatic hydroxyl groups is 2. The average Bonchev–Trinajstić information content (AvgIpc) is 3.75. The van der Waals surface area contributed by atoms with Gasteiger partial charge in [-0.25, -0.2) is 9.88 Å². The van der Waals surface area contributed by atoms with Crippen LogP contribution in [0.2, 0.25) is 0 Å². The Morgan fingerprint density at radius 3 is 2.47 bits per heavy atom. The molecule has 3 fully saturated rings. The van der Waals surface area contributed by atoms with Gasteiger partial charge in [0.15, 0.2) is 11.8 Å². The summed E-state index contributed by atoms with van der Waals surface area (Å²) in [6.07, 6.45) is -1.34. The number of nitrogens with one attached hydrogen (secondary N) is 2. The van der Waals surface area contributed by atoms with E-state index in [-0.39, 0.29) is 12.0 Å². The molecule has 2 saturated carbocycles. The molecule has 1 aromatic heterocycles. The van der Waals surface area contributed by atoms with E-state index in [4.69, 9.17) is 30.3 Å². The zero-order valence-corrected chi connectivity index (χ0v) is 22.7. The van der Waals surface area contributed by atoms with Crippen molar-refractivity contribution in [1.29, 1.82) is 0 Å². The zero-order chi connectivity index (χ0) is 27.5. The second-order valence-electron chi connectivity index (χ2n) is 10.1. The van der Waals surface area contributed by atoms with Gasteiger partial charge in [0, 0.05) is 12.3 Å². The number of esters is 1. The van der Waals surface area contributed by atoms with Gasteiger partial charge in [0.25, 0.3) is 5.56 Å². The number of fused-ring (bicyclic) bond motifs is 1. The van der Waals surface area contributed by atoms with E-state index in [1.807, 2.05) is 0 Å². The summed E-state index contributed by atoms with van der Waals surface area (Å²) in [6, 6.07) is 8.84. The SMILES string of the molecule is CC(C)OC(=O)C(C)NP(=S)(Oc1ccccc1)OC1[C@H]2O[C@@H](n3ccc(=O)[nH]c3=O)[C@@](O)(C3CC3)[C@@]12O. The van der Waals surface area contributed by atoms with E-state index in [1.165, 1.54) is 6.20 Å². The lowest BCUT2D eigenvalue weighted by atomic mass is 9.87. The van der Waals surface area contributed by atoms with Crippen LogP contribution in [0.4, 0.5) is 0 Å². The molecular weight excluding hydrogens is 537 g/mol. The predicted octanol–water partition coefficient (Wildman–Crippen LogP) is 0.938. The number of rotatable bonds is 10. The number of hydrogen-bond donors (Lipinski definition) is 4. The predicted molar refractivity (Wildman–Crippen MR) is 138 cm³/mol. The summed E-state index contributed by atoms with van der Waals surface area (Å²) in [7, 11) is 0. The average molecular weight is 568 g/mol. The van der Waals surface area contributed by atoms with E-state index < -0.39 is 59.5 Å². The van der Waals surface area contributed by atoms with Gasteiger partial charge < -0.3 is 24.2 Å². The zero-order valence-electron chi connectivity index (χ0n) is 21.0. The summed E-state index contributed by atoms with van der Waals surface area (Å²) in [6.45, 7) is 1.46. The highest BCUT2D eigenvalue weighted by Gasteiger charge is 2.87. The van der Waals surface area contributed by atoms with Gasteiger partial charge in [-0.2, -0.15) is 0 Å². The van der Waals surface area contributed by atoms with Gasteiger partial charge in [0.05, 0.1) is 6.10 Å². The van der Waals surface area contributed by atoms with Gasteiger partial charge >= 0.3 is 18.3 Å². The van der Waals surface area contributed by atoms with Crippen LogP contribution in [0.25, 0.3) is 0 Å². The topological polar surface area (TPSA) is 161 Å². The molecule has 0 spiro atoms. The van der Waals surface area contributed by atoms with Crippen molar-refractivity contribution in [3.8, 4) is 5.75 Å². The first kappa shape index (κ1) is 27.2. The molecule has 3 unspecified atom stereocenters. The number of hydrogen-bond acceptors (Lipinski definition) is 10. The van der Waals surface area contributed by atoms with Crippen LogP contribution in [0.1, 0.15) is 39.8 Å². The van der Waals surface area contributed by atoms with Crippen LogP contribution in [-0.4, -0.2) is 61.3 Å². The first-order valence-corrected chi connectivity index (χ1v) is 15.0. The minimum absolute atomic E-state index is 0.348. The van der Waals surface area contributed by atoms with Crippen molar-refractivity contribution in [2.24, 2.45) is 5.92 Å². The fraction of sp³-hybridized carbons (Fsp3) is 0.542. The highest BCUT2D eigenvalue weighted by molar-refractivity contribution is 8.09. The summed E-state index contributed by atoms with van der Waals surface area (Å²) in [4.78, 5) is 38.7. The largest absolute Gasteiger partial charge is 0.462 e. The van der Waals surface area contributed by atoms with Crippen molar-refractivity contribution in [2.45, 2.75) is 75.4 Å². The first-order valence-electron chi connectivity index (χ1n) is 12.3. The highest BCUT2D eigenvalue weighted by Crippen LogP contribution is 2.69. The van der Waals surface area contributed by atoms with Gasteiger partial charge in [0.2, 0.25) is 0 Å². The Labute approximate surface area is 223 Å². The molecule has 206 valence electrons. The maximum atomic E-state index is 12.5. The Morgan fingerprint density at radius 1 is 1.18 bits per heavy atom. The monoisotopic (exact) mass is 567 g/mol. The molecule has 7 atom stereocenters. The van der Waals surface area contributed by atoms with Crippen LogP contribution < -0.4 is 20.9 Å². The Balaban J connectivity index is 1.42. The molecule has 12 nitrogen and oxygen atoms in total. The van der Waals surface area contributed by atoms with Crippen molar-refractivity contribution >= 4 is 24.4 Å². The summed E-state index contributed by atoms with van der Waals surface area (Å²) in [5.74, 6) is -0.565. The van der Waals surface area contributed by atoms with Gasteiger partial charge in [-0.05, 0) is 63.5 Å². The number of nitrogens with zero attached hydrogens (tertiary/aromatic N) is 1. The minimum Gasteiger partial charge on any atom is -0.462 e. The normalized spacial score (nSPS) is 32.3. The molecule has 1 aromatic carbocycles. The number of para-hydroxylation sites is 1. The Kier molecular flexibility index (Phi) is 6.92. The van der Waals surface area contributed by atoms with Crippen LogP contribution in [0.3, 0.4) is 0 Å². The number of ether oxygens (including phenoxy) is 2.